The first-order chi connectivity index (χ1) is 10.7. The van der Waals surface area contributed by atoms with Crippen molar-refractivity contribution in [3.63, 3.8) is 0 Å². The summed E-state index contributed by atoms with van der Waals surface area (Å²) in [6.07, 6.45) is 3.70. The number of rotatable bonds is 4. The van der Waals surface area contributed by atoms with Crippen molar-refractivity contribution in [2.24, 2.45) is 0 Å². The zero-order valence-corrected chi connectivity index (χ0v) is 13.4. The Morgan fingerprint density at radius 3 is 2.77 bits per heavy atom. The Morgan fingerprint density at radius 2 is 2.00 bits per heavy atom. The van der Waals surface area contributed by atoms with Crippen LogP contribution in [0.4, 0.5) is 0 Å². The molecule has 0 saturated carbocycles. The molecule has 1 fully saturated rings. The van der Waals surface area contributed by atoms with Crippen LogP contribution in [0, 0.1) is 0 Å². The Bertz CT molecular complexity index is 581. The highest BCUT2D eigenvalue weighted by Gasteiger charge is 2.20. The van der Waals surface area contributed by atoms with E-state index in [1.165, 1.54) is 19.3 Å². The van der Waals surface area contributed by atoms with Crippen LogP contribution in [-0.2, 0) is 6.54 Å². The average Bonchev–Trinajstić information content (AvgIpc) is 2.86. The fourth-order valence-corrected chi connectivity index (χ4v) is 3.03. The van der Waals surface area contributed by atoms with Crippen molar-refractivity contribution in [2.75, 3.05) is 27.2 Å². The normalized spacial score (nSPS) is 20.2. The van der Waals surface area contributed by atoms with Crippen LogP contribution < -0.4 is 0 Å². The van der Waals surface area contributed by atoms with Crippen LogP contribution in [0.2, 0.25) is 0 Å². The van der Waals surface area contributed by atoms with Gasteiger partial charge in [0.15, 0.2) is 5.82 Å². The maximum absolute atomic E-state index is 5.39. The van der Waals surface area contributed by atoms with E-state index in [0.29, 0.717) is 11.9 Å². The predicted octanol–water partition coefficient (Wildman–Crippen LogP) is 2.65. The second-order valence-electron chi connectivity index (χ2n) is 6.21. The maximum atomic E-state index is 5.39. The summed E-state index contributed by atoms with van der Waals surface area (Å²) in [7, 11) is 4.34. The van der Waals surface area contributed by atoms with E-state index < -0.39 is 0 Å². The van der Waals surface area contributed by atoms with Gasteiger partial charge in [-0.25, -0.2) is 0 Å². The van der Waals surface area contributed by atoms with Crippen LogP contribution in [0.5, 0.6) is 0 Å². The topological polar surface area (TPSA) is 45.4 Å². The van der Waals surface area contributed by atoms with Gasteiger partial charge in [-0.1, -0.05) is 23.4 Å². The fourth-order valence-electron chi connectivity index (χ4n) is 3.03. The van der Waals surface area contributed by atoms with Crippen molar-refractivity contribution < 1.29 is 4.52 Å². The van der Waals surface area contributed by atoms with Gasteiger partial charge >= 0.3 is 0 Å². The zero-order chi connectivity index (χ0) is 15.4. The first kappa shape index (κ1) is 15.2. The molecule has 0 radical (unpaired) electrons. The molecule has 2 heterocycles. The van der Waals surface area contributed by atoms with Gasteiger partial charge in [0.25, 0.3) is 5.89 Å². The summed E-state index contributed by atoms with van der Waals surface area (Å²) in [6.45, 7) is 2.98. The largest absolute Gasteiger partial charge is 0.334 e. The Hall–Kier alpha value is -1.72. The summed E-state index contributed by atoms with van der Waals surface area (Å²) >= 11 is 0. The predicted molar refractivity (Wildman–Crippen MR) is 86.3 cm³/mol. The Labute approximate surface area is 131 Å². The minimum atomic E-state index is 0.608. The van der Waals surface area contributed by atoms with Gasteiger partial charge in [-0.2, -0.15) is 4.98 Å². The molecule has 0 unspecified atom stereocenters. The molecule has 1 aliphatic rings. The van der Waals surface area contributed by atoms with Crippen LogP contribution in [0.1, 0.15) is 25.1 Å². The molecule has 1 aromatic carbocycles. The van der Waals surface area contributed by atoms with Crippen molar-refractivity contribution in [2.45, 2.75) is 31.8 Å². The van der Waals surface area contributed by atoms with Gasteiger partial charge in [0, 0.05) is 18.2 Å². The van der Waals surface area contributed by atoms with E-state index >= 15 is 0 Å². The lowest BCUT2D eigenvalue weighted by Crippen LogP contribution is -2.30. The molecule has 0 bridgehead atoms. The van der Waals surface area contributed by atoms with E-state index in [2.05, 4.69) is 34.0 Å². The molecule has 1 aliphatic heterocycles. The minimum Gasteiger partial charge on any atom is -0.334 e. The number of benzene rings is 1. The molecule has 0 N–H and O–H groups in total. The first-order valence-electron chi connectivity index (χ1n) is 7.99. The third kappa shape index (κ3) is 3.72. The number of hydrogen-bond acceptors (Lipinski definition) is 5. The summed E-state index contributed by atoms with van der Waals surface area (Å²) in [5, 5.41) is 4.13. The smallest absolute Gasteiger partial charge is 0.257 e. The van der Waals surface area contributed by atoms with Gasteiger partial charge < -0.3 is 9.42 Å². The lowest BCUT2D eigenvalue weighted by atomic mass is 10.1. The van der Waals surface area contributed by atoms with Crippen LogP contribution in [0.25, 0.3) is 11.5 Å². The third-order valence-electron chi connectivity index (χ3n) is 4.37. The van der Waals surface area contributed by atoms with E-state index in [4.69, 9.17) is 4.52 Å². The minimum absolute atomic E-state index is 0.608. The second kappa shape index (κ2) is 7.03. The molecule has 118 valence electrons. The van der Waals surface area contributed by atoms with Gasteiger partial charge in [-0.15, -0.1) is 0 Å². The summed E-state index contributed by atoms with van der Waals surface area (Å²) in [5.74, 6) is 1.39. The monoisotopic (exact) mass is 300 g/mol. The number of nitrogens with zero attached hydrogens (tertiary/aromatic N) is 4. The van der Waals surface area contributed by atoms with E-state index in [0.717, 1.165) is 31.0 Å². The first-order valence-corrected chi connectivity index (χ1v) is 7.99. The van der Waals surface area contributed by atoms with Crippen molar-refractivity contribution >= 4 is 0 Å². The fraction of sp³-hybridized carbons (Fsp3) is 0.529. The van der Waals surface area contributed by atoms with E-state index in [9.17, 15) is 0 Å². The van der Waals surface area contributed by atoms with E-state index in [1.807, 2.05) is 30.3 Å². The molecular weight excluding hydrogens is 276 g/mol. The molecule has 0 aliphatic carbocycles. The highest BCUT2D eigenvalue weighted by molar-refractivity contribution is 5.51. The quantitative estimate of drug-likeness (QED) is 0.868. The standard InChI is InChI=1S/C17H24N4O/c1-20(2)15-9-6-11-21(12-10-15)13-16-18-17(22-19-16)14-7-4-3-5-8-14/h3-5,7-8,15H,6,9-13H2,1-2H3/t15-/m1/s1. The van der Waals surface area contributed by atoms with Gasteiger partial charge in [0.1, 0.15) is 0 Å². The summed E-state index contributed by atoms with van der Waals surface area (Å²) < 4.78 is 5.39. The average molecular weight is 300 g/mol. The van der Waals surface area contributed by atoms with E-state index in [-0.39, 0.29) is 0 Å². The SMILES string of the molecule is CN(C)[C@@H]1CCCN(Cc2noc(-c3ccccc3)n2)CC1. The molecule has 1 saturated heterocycles. The Balaban J connectivity index is 1.61. The molecule has 1 aromatic heterocycles. The van der Waals surface area contributed by atoms with Gasteiger partial charge in [0.2, 0.25) is 0 Å². The van der Waals surface area contributed by atoms with Crippen molar-refractivity contribution in [1.29, 1.82) is 0 Å². The van der Waals surface area contributed by atoms with Crippen LogP contribution in [-0.4, -0.2) is 53.2 Å². The van der Waals surface area contributed by atoms with E-state index in [1.54, 1.807) is 0 Å². The third-order valence-corrected chi connectivity index (χ3v) is 4.37. The van der Waals surface area contributed by atoms with Crippen LogP contribution in [0.15, 0.2) is 34.9 Å². The maximum Gasteiger partial charge on any atom is 0.257 e. The highest BCUT2D eigenvalue weighted by Crippen LogP contribution is 2.19. The number of likely N-dealkylation sites (tertiary alicyclic amines) is 1. The van der Waals surface area contributed by atoms with Crippen molar-refractivity contribution in [1.82, 2.24) is 19.9 Å². The zero-order valence-electron chi connectivity index (χ0n) is 13.4. The molecule has 3 rings (SSSR count). The Kier molecular flexibility index (Phi) is 4.85. The van der Waals surface area contributed by atoms with Gasteiger partial charge in [-0.3, -0.25) is 4.90 Å². The van der Waals surface area contributed by atoms with Gasteiger partial charge in [-0.05, 0) is 52.0 Å². The summed E-state index contributed by atoms with van der Waals surface area (Å²) in [6, 6.07) is 10.6. The molecule has 1 atom stereocenters. The lowest BCUT2D eigenvalue weighted by molar-refractivity contribution is 0.240. The molecule has 0 amide bonds. The molecule has 5 heteroatoms. The second-order valence-corrected chi connectivity index (χ2v) is 6.21. The van der Waals surface area contributed by atoms with Crippen LogP contribution in [0.3, 0.4) is 0 Å². The molecule has 5 nitrogen and oxygen atoms in total. The van der Waals surface area contributed by atoms with Gasteiger partial charge in [0.05, 0.1) is 6.54 Å². The van der Waals surface area contributed by atoms with Crippen molar-refractivity contribution in [3.8, 4) is 11.5 Å². The van der Waals surface area contributed by atoms with Crippen molar-refractivity contribution in [3.05, 3.63) is 36.2 Å². The van der Waals surface area contributed by atoms with Crippen LogP contribution >= 0.6 is 0 Å². The molecular formula is C17H24N4O. The molecule has 0 spiro atoms. The lowest BCUT2D eigenvalue weighted by Gasteiger charge is -2.22. The summed E-state index contributed by atoms with van der Waals surface area (Å²) in [5.41, 5.74) is 0.977. The molecule has 2 aromatic rings. The Morgan fingerprint density at radius 1 is 1.18 bits per heavy atom. The number of aromatic nitrogens is 2. The highest BCUT2D eigenvalue weighted by atomic mass is 16.5. The number of hydrogen-bond donors (Lipinski definition) is 0. The molecule has 22 heavy (non-hydrogen) atoms. The summed E-state index contributed by atoms with van der Waals surface area (Å²) in [4.78, 5) is 9.30.